The number of fused-ring (bicyclic) bond motifs is 1. The van der Waals surface area contributed by atoms with Gasteiger partial charge in [0.1, 0.15) is 12.0 Å². The van der Waals surface area contributed by atoms with E-state index in [1.807, 2.05) is 47.5 Å². The molecule has 0 atom stereocenters. The molecule has 0 saturated heterocycles. The van der Waals surface area contributed by atoms with Crippen LogP contribution in [0.2, 0.25) is 0 Å². The molecule has 5 nitrogen and oxygen atoms in total. The fraction of sp³-hybridized carbons (Fsp3) is 0.360. The van der Waals surface area contributed by atoms with Gasteiger partial charge in [-0.25, -0.2) is 0 Å². The van der Waals surface area contributed by atoms with Crippen LogP contribution >= 0.6 is 0 Å². The summed E-state index contributed by atoms with van der Waals surface area (Å²) in [5.74, 6) is 0.678. The maximum atomic E-state index is 13.1. The summed E-state index contributed by atoms with van der Waals surface area (Å²) in [4.78, 5) is 21.9. The molecule has 0 radical (unpaired) electrons. The maximum Gasteiger partial charge on any atom is 0.261 e. The van der Waals surface area contributed by atoms with Gasteiger partial charge in [0, 0.05) is 25.8 Å². The van der Waals surface area contributed by atoms with E-state index in [-0.39, 0.29) is 5.91 Å². The molecule has 0 spiro atoms. The molecule has 0 fully saturated rings. The van der Waals surface area contributed by atoms with Crippen molar-refractivity contribution < 1.29 is 9.53 Å². The van der Waals surface area contributed by atoms with Crippen molar-refractivity contribution in [2.45, 2.75) is 32.6 Å². The van der Waals surface area contributed by atoms with Crippen LogP contribution in [0.5, 0.6) is 5.75 Å². The summed E-state index contributed by atoms with van der Waals surface area (Å²) in [5.41, 5.74) is 4.02. The first-order valence-electron chi connectivity index (χ1n) is 10.9. The van der Waals surface area contributed by atoms with E-state index in [1.54, 1.807) is 6.26 Å². The number of amides is 1. The molecule has 0 unspecified atom stereocenters. The van der Waals surface area contributed by atoms with Crippen LogP contribution in [0.25, 0.3) is 5.57 Å². The van der Waals surface area contributed by atoms with E-state index in [0.29, 0.717) is 11.3 Å². The van der Waals surface area contributed by atoms with E-state index >= 15 is 0 Å². The number of pyridine rings is 1. The number of nitrogens with zero attached hydrogens (tertiary/aromatic N) is 3. The Morgan fingerprint density at radius 2 is 1.90 bits per heavy atom. The predicted molar refractivity (Wildman–Crippen MR) is 119 cm³/mol. The number of carbonyl (C=O) groups excluding carboxylic acids is 1. The van der Waals surface area contributed by atoms with Crippen LogP contribution in [0.15, 0.2) is 66.7 Å². The van der Waals surface area contributed by atoms with E-state index in [0.717, 1.165) is 63.3 Å². The first-order valence-corrected chi connectivity index (χ1v) is 10.9. The molecule has 0 saturated carbocycles. The number of allylic oxidation sites excluding steroid dienone is 1. The van der Waals surface area contributed by atoms with Crippen molar-refractivity contribution in [2.75, 3.05) is 26.2 Å². The average Bonchev–Trinajstić information content (AvgIpc) is 2.94. The van der Waals surface area contributed by atoms with E-state index in [4.69, 9.17) is 4.74 Å². The van der Waals surface area contributed by atoms with Gasteiger partial charge >= 0.3 is 0 Å². The first kappa shape index (κ1) is 20.4. The number of unbranched alkanes of at least 4 members (excludes halogenated alkanes) is 1. The van der Waals surface area contributed by atoms with Crippen LogP contribution < -0.4 is 4.74 Å². The molecule has 5 heteroatoms. The molecule has 2 aliphatic rings. The monoisotopic (exact) mass is 403 g/mol. The summed E-state index contributed by atoms with van der Waals surface area (Å²) in [7, 11) is 0. The zero-order valence-corrected chi connectivity index (χ0v) is 17.6. The number of hydrogen-bond donors (Lipinski definition) is 0. The Morgan fingerprint density at radius 1 is 1.07 bits per heavy atom. The molecule has 0 N–H and O–H groups in total. The summed E-state index contributed by atoms with van der Waals surface area (Å²) in [5, 5.41) is 0. The number of carbonyl (C=O) groups is 1. The molecule has 3 heterocycles. The van der Waals surface area contributed by atoms with Gasteiger partial charge in [-0.2, -0.15) is 0 Å². The standard InChI is InChI=1S/C25H29N3O2/c1-2-21-19-30-24-11-4-3-9-22(24)25(29)28(21)16-8-7-15-27-17-12-20(13-18-27)23-10-5-6-14-26-23/h3-6,9-12,14,19H,2,7-8,13,15-18H2,1H3. The van der Waals surface area contributed by atoms with Crippen molar-refractivity contribution >= 4 is 11.5 Å². The van der Waals surface area contributed by atoms with E-state index in [2.05, 4.69) is 29.0 Å². The average molecular weight is 404 g/mol. The molecule has 30 heavy (non-hydrogen) atoms. The lowest BCUT2D eigenvalue weighted by molar-refractivity contribution is 0.0800. The third-order valence-electron chi connectivity index (χ3n) is 5.79. The van der Waals surface area contributed by atoms with E-state index in [1.165, 1.54) is 5.57 Å². The third-order valence-corrected chi connectivity index (χ3v) is 5.79. The summed E-state index contributed by atoms with van der Waals surface area (Å²) < 4.78 is 5.76. The molecule has 0 aliphatic carbocycles. The zero-order valence-electron chi connectivity index (χ0n) is 17.6. The minimum atomic E-state index is 0.0390. The van der Waals surface area contributed by atoms with Crippen LogP contribution in [0.1, 0.15) is 48.7 Å². The molecule has 1 amide bonds. The van der Waals surface area contributed by atoms with Gasteiger partial charge in [-0.05, 0) is 62.1 Å². The summed E-state index contributed by atoms with van der Waals surface area (Å²) in [6.07, 6.45) is 9.74. The Morgan fingerprint density at radius 3 is 2.67 bits per heavy atom. The van der Waals surface area contributed by atoms with E-state index < -0.39 is 0 Å². The molecule has 0 bridgehead atoms. The fourth-order valence-corrected chi connectivity index (χ4v) is 4.04. The highest BCUT2D eigenvalue weighted by Crippen LogP contribution is 2.27. The number of benzene rings is 1. The number of hydrogen-bond acceptors (Lipinski definition) is 4. The Kier molecular flexibility index (Phi) is 6.60. The normalized spacial score (nSPS) is 17.0. The highest BCUT2D eigenvalue weighted by molar-refractivity contribution is 5.98. The zero-order chi connectivity index (χ0) is 20.8. The molecule has 1 aromatic heterocycles. The second kappa shape index (κ2) is 9.72. The quantitative estimate of drug-likeness (QED) is 0.627. The van der Waals surface area contributed by atoms with Gasteiger partial charge in [0.2, 0.25) is 0 Å². The molecule has 4 rings (SSSR count). The minimum absolute atomic E-state index is 0.0390. The van der Waals surface area contributed by atoms with Crippen LogP contribution in [0, 0.1) is 0 Å². The highest BCUT2D eigenvalue weighted by Gasteiger charge is 2.25. The highest BCUT2D eigenvalue weighted by atomic mass is 16.5. The van der Waals surface area contributed by atoms with Crippen molar-refractivity contribution in [3.05, 3.63) is 78.0 Å². The van der Waals surface area contributed by atoms with Crippen LogP contribution in [0.4, 0.5) is 0 Å². The molecular formula is C25H29N3O2. The van der Waals surface area contributed by atoms with Gasteiger partial charge < -0.3 is 9.64 Å². The topological polar surface area (TPSA) is 45.7 Å². The van der Waals surface area contributed by atoms with Gasteiger partial charge in [-0.3, -0.25) is 14.7 Å². The van der Waals surface area contributed by atoms with Gasteiger partial charge in [0.05, 0.1) is 17.0 Å². The van der Waals surface area contributed by atoms with Gasteiger partial charge in [0.15, 0.2) is 0 Å². The lowest BCUT2D eigenvalue weighted by Crippen LogP contribution is -2.32. The Balaban J connectivity index is 1.29. The van der Waals surface area contributed by atoms with Gasteiger partial charge in [-0.15, -0.1) is 0 Å². The Labute approximate surface area is 178 Å². The Hall–Kier alpha value is -2.92. The fourth-order valence-electron chi connectivity index (χ4n) is 4.04. The molecule has 2 aromatic rings. The van der Waals surface area contributed by atoms with E-state index in [9.17, 15) is 4.79 Å². The van der Waals surface area contributed by atoms with Gasteiger partial charge in [0.25, 0.3) is 5.91 Å². The maximum absolute atomic E-state index is 13.1. The minimum Gasteiger partial charge on any atom is -0.462 e. The van der Waals surface area contributed by atoms with Crippen LogP contribution in [-0.2, 0) is 0 Å². The van der Waals surface area contributed by atoms with Crippen molar-refractivity contribution in [2.24, 2.45) is 0 Å². The summed E-state index contributed by atoms with van der Waals surface area (Å²) in [6, 6.07) is 13.6. The number of rotatable bonds is 7. The molecule has 1 aromatic carbocycles. The lowest BCUT2D eigenvalue weighted by Gasteiger charge is -2.27. The second-order valence-corrected chi connectivity index (χ2v) is 7.74. The van der Waals surface area contributed by atoms with Crippen molar-refractivity contribution in [1.29, 1.82) is 0 Å². The smallest absolute Gasteiger partial charge is 0.261 e. The largest absolute Gasteiger partial charge is 0.462 e. The van der Waals surface area contributed by atoms with Crippen molar-refractivity contribution in [1.82, 2.24) is 14.8 Å². The first-order chi connectivity index (χ1) is 14.8. The summed E-state index contributed by atoms with van der Waals surface area (Å²) >= 11 is 0. The van der Waals surface area contributed by atoms with Crippen LogP contribution in [-0.4, -0.2) is 46.9 Å². The number of para-hydroxylation sites is 1. The number of ether oxygens (including phenoxy) is 1. The molecular weight excluding hydrogens is 374 g/mol. The lowest BCUT2D eigenvalue weighted by atomic mass is 10.0. The van der Waals surface area contributed by atoms with Crippen LogP contribution in [0.3, 0.4) is 0 Å². The second-order valence-electron chi connectivity index (χ2n) is 7.74. The number of aromatic nitrogens is 1. The third kappa shape index (κ3) is 4.62. The summed E-state index contributed by atoms with van der Waals surface area (Å²) in [6.45, 7) is 5.86. The van der Waals surface area contributed by atoms with Crippen molar-refractivity contribution in [3.8, 4) is 5.75 Å². The molecule has 156 valence electrons. The predicted octanol–water partition coefficient (Wildman–Crippen LogP) is 4.74. The van der Waals surface area contributed by atoms with Gasteiger partial charge in [-0.1, -0.05) is 31.2 Å². The van der Waals surface area contributed by atoms with Crippen molar-refractivity contribution in [3.63, 3.8) is 0 Å². The molecule has 2 aliphatic heterocycles. The Bertz CT molecular complexity index is 936. The SMILES string of the molecule is CCC1=COc2ccccc2C(=O)N1CCCCN1CC=C(c2ccccn2)CC1.